The van der Waals surface area contributed by atoms with E-state index in [1.165, 1.54) is 11.4 Å². The van der Waals surface area contributed by atoms with E-state index in [4.69, 9.17) is 0 Å². The lowest BCUT2D eigenvalue weighted by atomic mass is 10.9. The Bertz CT molecular complexity index is 43.0. The van der Waals surface area contributed by atoms with E-state index < -0.39 is 0 Å². The molecule has 0 N–H and O–H groups in total. The number of hydrogen-bond acceptors (Lipinski definition) is 1. The molecule has 1 nitrogen and oxygen atoms in total. The molecular formula is C4H9IOS. The maximum absolute atomic E-state index is 9.31. The minimum absolute atomic E-state index is 0.139. The molecule has 0 aromatic rings. The fraction of sp³-hybridized carbons (Fsp3) is 0.750. The van der Waals surface area contributed by atoms with Crippen molar-refractivity contribution in [2.24, 2.45) is 0 Å². The summed E-state index contributed by atoms with van der Waals surface area (Å²) in [6, 6.07) is 0. The molecule has 0 spiro atoms. The van der Waals surface area contributed by atoms with Crippen LogP contribution in [0.25, 0.3) is 0 Å². The zero-order chi connectivity index (χ0) is 6.28. The van der Waals surface area contributed by atoms with Crippen LogP contribution in [0.15, 0.2) is 0 Å². The second-order valence-electron chi connectivity index (χ2n) is 0.786. The average molecular weight is 232 g/mol. The third kappa shape index (κ3) is 271. The highest BCUT2D eigenvalue weighted by atomic mass is 127. The van der Waals surface area contributed by atoms with Crippen molar-refractivity contribution in [2.75, 3.05) is 4.43 Å². The summed E-state index contributed by atoms with van der Waals surface area (Å²) < 4.78 is 1.22. The highest BCUT2D eigenvalue weighted by Crippen LogP contribution is 1.69. The molecule has 0 aliphatic carbocycles. The van der Waals surface area contributed by atoms with Gasteiger partial charge in [0, 0.05) is 6.92 Å². The van der Waals surface area contributed by atoms with Gasteiger partial charge in [0.1, 0.15) is 0 Å². The molecule has 0 amide bonds. The predicted octanol–water partition coefficient (Wildman–Crippen LogP) is 1.90. The lowest BCUT2D eigenvalue weighted by Crippen LogP contribution is -1.62. The summed E-state index contributed by atoms with van der Waals surface area (Å²) in [6.07, 6.45) is 0. The molecule has 0 aliphatic heterocycles. The van der Waals surface area contributed by atoms with Crippen molar-refractivity contribution in [3.05, 3.63) is 0 Å². The number of rotatable bonds is 0. The quantitative estimate of drug-likeness (QED) is 0.383. The normalized spacial score (nSPS) is 6.29. The summed E-state index contributed by atoms with van der Waals surface area (Å²) in [6.45, 7) is 3.50. The SMILES string of the molecule is CC(=O)S.CCI. The highest BCUT2D eigenvalue weighted by Gasteiger charge is 1.63. The van der Waals surface area contributed by atoms with Crippen molar-refractivity contribution in [2.45, 2.75) is 13.8 Å². The highest BCUT2D eigenvalue weighted by molar-refractivity contribution is 14.1. The summed E-state index contributed by atoms with van der Waals surface area (Å²) in [5.41, 5.74) is 0. The molecule has 7 heavy (non-hydrogen) atoms. The Morgan fingerprint density at radius 2 is 1.86 bits per heavy atom. The predicted molar refractivity (Wildman–Crippen MR) is 44.2 cm³/mol. The van der Waals surface area contributed by atoms with Crippen LogP contribution in [0.2, 0.25) is 0 Å². The van der Waals surface area contributed by atoms with Gasteiger partial charge in [-0.3, -0.25) is 4.79 Å². The monoisotopic (exact) mass is 232 g/mol. The first-order valence-electron chi connectivity index (χ1n) is 1.90. The Balaban J connectivity index is 0. The van der Waals surface area contributed by atoms with E-state index in [1.54, 1.807) is 0 Å². The maximum Gasteiger partial charge on any atom is 0.182 e. The molecule has 0 saturated carbocycles. The Kier molecular flexibility index (Phi) is 15.1. The van der Waals surface area contributed by atoms with E-state index in [2.05, 4.69) is 42.1 Å². The lowest BCUT2D eigenvalue weighted by molar-refractivity contribution is -0.108. The molecule has 0 rings (SSSR count). The fourth-order valence-electron chi connectivity index (χ4n) is 0. The van der Waals surface area contributed by atoms with Gasteiger partial charge in [0.05, 0.1) is 0 Å². The van der Waals surface area contributed by atoms with Crippen LogP contribution in [0, 0.1) is 0 Å². The molecule has 0 atom stereocenters. The van der Waals surface area contributed by atoms with Crippen molar-refractivity contribution >= 4 is 40.3 Å². The van der Waals surface area contributed by atoms with Crippen molar-refractivity contribution in [1.82, 2.24) is 0 Å². The van der Waals surface area contributed by atoms with Crippen LogP contribution >= 0.6 is 35.2 Å². The number of hydrogen-bond donors (Lipinski definition) is 1. The van der Waals surface area contributed by atoms with Crippen molar-refractivity contribution in [1.29, 1.82) is 0 Å². The van der Waals surface area contributed by atoms with E-state index in [9.17, 15) is 4.79 Å². The Morgan fingerprint density at radius 3 is 1.86 bits per heavy atom. The van der Waals surface area contributed by atoms with Gasteiger partial charge in [-0.1, -0.05) is 29.5 Å². The van der Waals surface area contributed by atoms with E-state index in [-0.39, 0.29) is 5.12 Å². The second kappa shape index (κ2) is 9.89. The van der Waals surface area contributed by atoms with E-state index in [0.717, 1.165) is 0 Å². The first kappa shape index (κ1) is 10.7. The first-order valence-corrected chi connectivity index (χ1v) is 3.87. The van der Waals surface area contributed by atoms with Crippen molar-refractivity contribution < 1.29 is 4.79 Å². The Labute approximate surface area is 63.4 Å². The molecule has 0 aromatic heterocycles. The molecule has 0 bridgehead atoms. The van der Waals surface area contributed by atoms with Gasteiger partial charge in [0.25, 0.3) is 0 Å². The number of alkyl halides is 1. The zero-order valence-corrected chi connectivity index (χ0v) is 7.49. The van der Waals surface area contributed by atoms with Gasteiger partial charge in [0.15, 0.2) is 5.12 Å². The second-order valence-corrected chi connectivity index (χ2v) is 2.94. The summed E-state index contributed by atoms with van der Waals surface area (Å²) in [5, 5.41) is -0.139. The van der Waals surface area contributed by atoms with Crippen LogP contribution in [0.5, 0.6) is 0 Å². The number of carbonyl (C=O) groups is 1. The number of thiol groups is 1. The lowest BCUT2D eigenvalue weighted by Gasteiger charge is -1.55. The first-order chi connectivity index (χ1) is 3.15. The molecule has 0 unspecified atom stereocenters. The Hall–Kier alpha value is 0.750. The van der Waals surface area contributed by atoms with Gasteiger partial charge < -0.3 is 0 Å². The van der Waals surface area contributed by atoms with E-state index >= 15 is 0 Å². The minimum atomic E-state index is -0.139. The maximum atomic E-state index is 9.31. The summed E-state index contributed by atoms with van der Waals surface area (Å²) >= 11 is 5.62. The van der Waals surface area contributed by atoms with Crippen molar-refractivity contribution in [3.63, 3.8) is 0 Å². The van der Waals surface area contributed by atoms with E-state index in [1.807, 2.05) is 0 Å². The average Bonchev–Trinajstić information content (AvgIpc) is 1.33. The van der Waals surface area contributed by atoms with E-state index in [0.29, 0.717) is 0 Å². The molecule has 44 valence electrons. The van der Waals surface area contributed by atoms with Crippen LogP contribution in [-0.2, 0) is 4.79 Å². The van der Waals surface area contributed by atoms with Crippen LogP contribution in [-0.4, -0.2) is 9.54 Å². The van der Waals surface area contributed by atoms with Gasteiger partial charge in [-0.25, -0.2) is 0 Å². The molecule has 0 aromatic carbocycles. The minimum Gasteiger partial charge on any atom is -0.288 e. The number of carbonyl (C=O) groups excluding carboxylic acids is 1. The van der Waals surface area contributed by atoms with Gasteiger partial charge in [-0.2, -0.15) is 0 Å². The molecule has 0 fully saturated rings. The molecular weight excluding hydrogens is 223 g/mol. The van der Waals surface area contributed by atoms with Gasteiger partial charge in [-0.15, -0.1) is 12.6 Å². The molecule has 0 radical (unpaired) electrons. The van der Waals surface area contributed by atoms with Crippen LogP contribution in [0.3, 0.4) is 0 Å². The Morgan fingerprint density at radius 1 is 1.86 bits per heavy atom. The smallest absolute Gasteiger partial charge is 0.182 e. The van der Waals surface area contributed by atoms with Crippen LogP contribution in [0.4, 0.5) is 0 Å². The zero-order valence-electron chi connectivity index (χ0n) is 4.44. The molecule has 3 heteroatoms. The molecule has 0 heterocycles. The fourth-order valence-corrected chi connectivity index (χ4v) is 0. The van der Waals surface area contributed by atoms with Gasteiger partial charge >= 0.3 is 0 Å². The largest absolute Gasteiger partial charge is 0.288 e. The number of halogens is 1. The summed E-state index contributed by atoms with van der Waals surface area (Å²) in [4.78, 5) is 9.31. The van der Waals surface area contributed by atoms with Crippen LogP contribution < -0.4 is 0 Å². The third-order valence-electron chi connectivity index (χ3n) is 0. The van der Waals surface area contributed by atoms with Crippen molar-refractivity contribution in [3.8, 4) is 0 Å². The topological polar surface area (TPSA) is 17.1 Å². The standard InChI is InChI=1S/C2H5I.C2H4OS/c1-2-3;1-2(3)4/h2H2,1H3;1H3,(H,3,4). The summed E-state index contributed by atoms with van der Waals surface area (Å²) in [7, 11) is 0. The third-order valence-corrected chi connectivity index (χ3v) is 0. The molecule has 0 saturated heterocycles. The van der Waals surface area contributed by atoms with Gasteiger partial charge in [0.2, 0.25) is 0 Å². The van der Waals surface area contributed by atoms with Gasteiger partial charge in [-0.05, 0) is 4.43 Å². The molecule has 0 aliphatic rings. The van der Waals surface area contributed by atoms with Crippen LogP contribution in [0.1, 0.15) is 13.8 Å². The summed E-state index contributed by atoms with van der Waals surface area (Å²) in [5.74, 6) is 0.